The second-order valence-electron chi connectivity index (χ2n) is 6.53. The first-order valence-corrected chi connectivity index (χ1v) is 10.3. The number of carbonyl (C=O) groups excluding carboxylic acids is 1. The van der Waals surface area contributed by atoms with Crippen LogP contribution in [0.5, 0.6) is 0 Å². The zero-order chi connectivity index (χ0) is 18.3. The Kier molecular flexibility index (Phi) is 4.10. The highest BCUT2D eigenvalue weighted by Gasteiger charge is 2.30. The van der Waals surface area contributed by atoms with Crippen LogP contribution in [0, 0.1) is 0 Å². The SMILES string of the molecule is O=C(N1CCN(c2ccnc3[nH]c(=O)[nH]c23)CC1)N1CCS(=O)(=O)CC1. The van der Waals surface area contributed by atoms with Crippen LogP contribution in [0.25, 0.3) is 11.2 Å². The second-order valence-corrected chi connectivity index (χ2v) is 8.83. The second kappa shape index (κ2) is 6.31. The number of nitrogens with zero attached hydrogens (tertiary/aromatic N) is 4. The highest BCUT2D eigenvalue weighted by Crippen LogP contribution is 2.23. The monoisotopic (exact) mass is 380 g/mol. The molecule has 0 bridgehead atoms. The third-order valence-electron chi connectivity index (χ3n) is 4.91. The molecule has 0 spiro atoms. The van der Waals surface area contributed by atoms with E-state index in [1.807, 2.05) is 6.07 Å². The summed E-state index contributed by atoms with van der Waals surface area (Å²) >= 11 is 0. The molecule has 2 aromatic heterocycles. The van der Waals surface area contributed by atoms with Gasteiger partial charge in [0.2, 0.25) is 0 Å². The summed E-state index contributed by atoms with van der Waals surface area (Å²) in [6.07, 6.45) is 1.65. The number of aromatic amines is 2. The largest absolute Gasteiger partial charge is 0.366 e. The fraction of sp³-hybridized carbons (Fsp3) is 0.533. The van der Waals surface area contributed by atoms with Gasteiger partial charge in [-0.2, -0.15) is 0 Å². The number of hydrogen-bond donors (Lipinski definition) is 2. The predicted octanol–water partition coefficient (Wildman–Crippen LogP) is -0.776. The Morgan fingerprint density at radius 3 is 2.35 bits per heavy atom. The van der Waals surface area contributed by atoms with Crippen molar-refractivity contribution in [1.29, 1.82) is 0 Å². The molecule has 4 heterocycles. The number of anilines is 1. The summed E-state index contributed by atoms with van der Waals surface area (Å²) in [5.41, 5.74) is 1.76. The lowest BCUT2D eigenvalue weighted by Crippen LogP contribution is -2.55. The Hall–Kier alpha value is -2.56. The van der Waals surface area contributed by atoms with E-state index in [0.29, 0.717) is 37.3 Å². The minimum Gasteiger partial charge on any atom is -0.366 e. The molecular weight excluding hydrogens is 360 g/mol. The Morgan fingerprint density at radius 2 is 1.65 bits per heavy atom. The van der Waals surface area contributed by atoms with Gasteiger partial charge >= 0.3 is 11.7 Å². The molecule has 2 amide bonds. The van der Waals surface area contributed by atoms with Crippen LogP contribution < -0.4 is 10.6 Å². The fourth-order valence-electron chi connectivity index (χ4n) is 3.43. The molecule has 0 saturated carbocycles. The van der Waals surface area contributed by atoms with Crippen LogP contribution in [-0.2, 0) is 9.84 Å². The molecule has 2 N–H and O–H groups in total. The normalized spacial score (nSPS) is 20.5. The van der Waals surface area contributed by atoms with Crippen LogP contribution >= 0.6 is 0 Å². The van der Waals surface area contributed by atoms with Crippen molar-refractivity contribution >= 4 is 32.7 Å². The fourth-order valence-corrected chi connectivity index (χ4v) is 4.63. The number of urea groups is 1. The minimum absolute atomic E-state index is 0.0363. The van der Waals surface area contributed by atoms with E-state index < -0.39 is 9.84 Å². The van der Waals surface area contributed by atoms with Crippen molar-refractivity contribution in [3.63, 3.8) is 0 Å². The number of H-pyrrole nitrogens is 2. The standard InChI is InChI=1S/C15H20N6O4S/c22-14-17-12-11(1-2-16-13(12)18-14)19-3-5-20(6-4-19)15(23)21-7-9-26(24,25)10-8-21/h1-2H,3-10H2,(H2,16,17,18,22). The summed E-state index contributed by atoms with van der Waals surface area (Å²) in [7, 11) is -3.00. The van der Waals surface area contributed by atoms with Gasteiger partial charge in [0.15, 0.2) is 15.5 Å². The number of carbonyl (C=O) groups is 1. The van der Waals surface area contributed by atoms with Crippen molar-refractivity contribution < 1.29 is 13.2 Å². The van der Waals surface area contributed by atoms with Crippen molar-refractivity contribution in [2.45, 2.75) is 0 Å². The third-order valence-corrected chi connectivity index (χ3v) is 6.51. The van der Waals surface area contributed by atoms with Crippen LogP contribution in [-0.4, -0.2) is 90.0 Å². The molecular formula is C15H20N6O4S. The molecule has 11 heteroatoms. The molecule has 0 radical (unpaired) electrons. The summed E-state index contributed by atoms with van der Waals surface area (Å²) in [4.78, 5) is 39.1. The lowest BCUT2D eigenvalue weighted by molar-refractivity contribution is 0.153. The molecule has 4 rings (SSSR count). The molecule has 2 aromatic rings. The molecule has 2 aliphatic heterocycles. The van der Waals surface area contributed by atoms with E-state index >= 15 is 0 Å². The van der Waals surface area contributed by atoms with Crippen molar-refractivity contribution in [3.8, 4) is 0 Å². The van der Waals surface area contributed by atoms with Crippen molar-refractivity contribution in [1.82, 2.24) is 24.8 Å². The van der Waals surface area contributed by atoms with Gasteiger partial charge in [0.25, 0.3) is 0 Å². The summed E-state index contributed by atoms with van der Waals surface area (Å²) < 4.78 is 23.0. The zero-order valence-corrected chi connectivity index (χ0v) is 15.0. The molecule has 2 aliphatic rings. The van der Waals surface area contributed by atoms with E-state index in [1.165, 1.54) is 0 Å². The van der Waals surface area contributed by atoms with E-state index in [0.717, 1.165) is 5.69 Å². The lowest BCUT2D eigenvalue weighted by atomic mass is 10.2. The zero-order valence-electron chi connectivity index (χ0n) is 14.1. The maximum Gasteiger partial charge on any atom is 0.325 e. The number of sulfone groups is 1. The molecule has 10 nitrogen and oxygen atoms in total. The Balaban J connectivity index is 1.42. The van der Waals surface area contributed by atoms with E-state index in [-0.39, 0.29) is 36.3 Å². The minimum atomic E-state index is -3.00. The van der Waals surface area contributed by atoms with Gasteiger partial charge < -0.3 is 19.7 Å². The molecule has 0 aromatic carbocycles. The van der Waals surface area contributed by atoms with Crippen LogP contribution in [0.1, 0.15) is 0 Å². The summed E-state index contributed by atoms with van der Waals surface area (Å²) in [6.45, 7) is 2.86. The number of piperazine rings is 1. The van der Waals surface area contributed by atoms with Crippen LogP contribution in [0.4, 0.5) is 10.5 Å². The topological polar surface area (TPSA) is 122 Å². The molecule has 0 unspecified atom stereocenters. The average Bonchev–Trinajstić information content (AvgIpc) is 3.01. The molecule has 0 atom stereocenters. The number of amides is 2. The predicted molar refractivity (Wildman–Crippen MR) is 96.1 cm³/mol. The first kappa shape index (κ1) is 16.9. The molecule has 0 aliphatic carbocycles. The number of hydrogen-bond acceptors (Lipinski definition) is 6. The maximum absolute atomic E-state index is 12.6. The highest BCUT2D eigenvalue weighted by atomic mass is 32.2. The van der Waals surface area contributed by atoms with Crippen molar-refractivity contribution in [2.24, 2.45) is 0 Å². The van der Waals surface area contributed by atoms with Gasteiger partial charge in [-0.1, -0.05) is 0 Å². The quantitative estimate of drug-likeness (QED) is 0.669. The van der Waals surface area contributed by atoms with Gasteiger partial charge in [-0.25, -0.2) is 23.0 Å². The van der Waals surface area contributed by atoms with Crippen molar-refractivity contribution in [2.75, 3.05) is 55.7 Å². The van der Waals surface area contributed by atoms with Gasteiger partial charge in [-0.3, -0.25) is 4.98 Å². The first-order valence-electron chi connectivity index (χ1n) is 8.49. The Morgan fingerprint density at radius 1 is 1.00 bits per heavy atom. The number of pyridine rings is 1. The first-order chi connectivity index (χ1) is 12.4. The van der Waals surface area contributed by atoms with Gasteiger partial charge in [0.05, 0.1) is 17.2 Å². The van der Waals surface area contributed by atoms with Gasteiger partial charge in [-0.05, 0) is 6.07 Å². The number of fused-ring (bicyclic) bond motifs is 1. The Bertz CT molecular complexity index is 975. The summed E-state index contributed by atoms with van der Waals surface area (Å²) in [5, 5.41) is 0. The van der Waals surface area contributed by atoms with E-state index in [2.05, 4.69) is 19.9 Å². The Labute approximate surface area is 149 Å². The molecule has 26 heavy (non-hydrogen) atoms. The van der Waals surface area contributed by atoms with Crippen LogP contribution in [0.15, 0.2) is 17.1 Å². The summed E-state index contributed by atoms with van der Waals surface area (Å²) in [5.74, 6) is 0.0725. The number of rotatable bonds is 1. The number of aromatic nitrogens is 3. The van der Waals surface area contributed by atoms with Gasteiger partial charge in [0, 0.05) is 45.5 Å². The van der Waals surface area contributed by atoms with E-state index in [9.17, 15) is 18.0 Å². The van der Waals surface area contributed by atoms with Crippen LogP contribution in [0.2, 0.25) is 0 Å². The average molecular weight is 380 g/mol. The van der Waals surface area contributed by atoms with Crippen LogP contribution in [0.3, 0.4) is 0 Å². The maximum atomic E-state index is 12.6. The summed E-state index contributed by atoms with van der Waals surface area (Å²) in [6, 6.07) is 1.74. The van der Waals surface area contributed by atoms with Gasteiger partial charge in [-0.15, -0.1) is 0 Å². The van der Waals surface area contributed by atoms with Gasteiger partial charge in [0.1, 0.15) is 5.52 Å². The smallest absolute Gasteiger partial charge is 0.325 e. The number of imidazole rings is 1. The molecule has 2 fully saturated rings. The lowest BCUT2D eigenvalue weighted by Gasteiger charge is -2.39. The van der Waals surface area contributed by atoms with Crippen molar-refractivity contribution in [3.05, 3.63) is 22.7 Å². The molecule has 2 saturated heterocycles. The third kappa shape index (κ3) is 3.14. The van der Waals surface area contributed by atoms with E-state index in [4.69, 9.17) is 0 Å². The highest BCUT2D eigenvalue weighted by molar-refractivity contribution is 7.91. The molecule has 140 valence electrons. The van der Waals surface area contributed by atoms with E-state index in [1.54, 1.807) is 16.0 Å². The number of nitrogens with one attached hydrogen (secondary N) is 2.